The number of nitrogens with zero attached hydrogens (tertiary/aromatic N) is 3. The molecule has 5 heteroatoms. The van der Waals surface area contributed by atoms with Crippen molar-refractivity contribution in [1.29, 1.82) is 0 Å². The number of hydrogen-bond acceptors (Lipinski definition) is 4. The summed E-state index contributed by atoms with van der Waals surface area (Å²) in [5.41, 5.74) is 1.12. The number of aromatic nitrogens is 2. The van der Waals surface area contributed by atoms with Crippen LogP contribution in [0.2, 0.25) is 0 Å². The Morgan fingerprint density at radius 2 is 2.05 bits per heavy atom. The topological polar surface area (TPSA) is 56.3 Å². The molecule has 2 heterocycles. The Morgan fingerprint density at radius 1 is 1.25 bits per heavy atom. The summed E-state index contributed by atoms with van der Waals surface area (Å²) in [5, 5.41) is 3.64. The predicted octanol–water partition coefficient (Wildman–Crippen LogP) is 2.36. The SMILES string of the molecule is CCN1CN=C(NC2CCCC2)c2[nH]c(C3CC3)nc21. The standard InChI is InChI=1S/C15H23N5/c1-2-20-9-16-14(17-11-5-3-4-6-11)12-15(20)19-13(18-12)10-7-8-10/h10-11H,2-9H2,1H3,(H,16,17)(H,18,19). The first-order valence-electron chi connectivity index (χ1n) is 8.01. The van der Waals surface area contributed by atoms with Crippen molar-refractivity contribution in [3.63, 3.8) is 0 Å². The van der Waals surface area contributed by atoms with Crippen LogP contribution in [0.4, 0.5) is 5.82 Å². The molecule has 0 amide bonds. The number of H-pyrrole nitrogens is 1. The van der Waals surface area contributed by atoms with Crippen LogP contribution in [-0.4, -0.2) is 35.1 Å². The van der Waals surface area contributed by atoms with Crippen molar-refractivity contribution in [1.82, 2.24) is 15.3 Å². The molecule has 108 valence electrons. The van der Waals surface area contributed by atoms with Gasteiger partial charge in [0, 0.05) is 18.5 Å². The zero-order valence-electron chi connectivity index (χ0n) is 12.2. The van der Waals surface area contributed by atoms with Gasteiger partial charge in [-0.3, -0.25) is 0 Å². The fraction of sp³-hybridized carbons (Fsp3) is 0.733. The molecule has 1 aliphatic heterocycles. The molecule has 2 saturated carbocycles. The molecule has 3 aliphatic rings. The first kappa shape index (κ1) is 12.2. The third-order valence-corrected chi connectivity index (χ3v) is 4.68. The van der Waals surface area contributed by atoms with Gasteiger partial charge in [-0.05, 0) is 32.6 Å². The third-order valence-electron chi connectivity index (χ3n) is 4.68. The van der Waals surface area contributed by atoms with Crippen LogP contribution in [0.5, 0.6) is 0 Å². The molecule has 0 aromatic carbocycles. The normalized spacial score (nSPS) is 22.9. The van der Waals surface area contributed by atoms with Gasteiger partial charge in [-0.25, -0.2) is 9.98 Å². The first-order valence-corrected chi connectivity index (χ1v) is 8.01. The van der Waals surface area contributed by atoms with Gasteiger partial charge in [0.15, 0.2) is 11.7 Å². The molecule has 0 radical (unpaired) electrons. The zero-order valence-corrected chi connectivity index (χ0v) is 12.2. The average molecular weight is 273 g/mol. The second-order valence-corrected chi connectivity index (χ2v) is 6.22. The summed E-state index contributed by atoms with van der Waals surface area (Å²) in [6.07, 6.45) is 7.79. The molecule has 0 spiro atoms. The molecule has 5 nitrogen and oxygen atoms in total. The highest BCUT2D eigenvalue weighted by atomic mass is 15.3. The molecule has 2 aliphatic carbocycles. The second-order valence-electron chi connectivity index (χ2n) is 6.22. The lowest BCUT2D eigenvalue weighted by atomic mass is 10.2. The van der Waals surface area contributed by atoms with Crippen LogP contribution in [-0.2, 0) is 0 Å². The van der Waals surface area contributed by atoms with Gasteiger partial charge < -0.3 is 15.2 Å². The fourth-order valence-electron chi connectivity index (χ4n) is 3.26. The van der Waals surface area contributed by atoms with Crippen LogP contribution in [0.1, 0.15) is 62.9 Å². The molecule has 2 N–H and O–H groups in total. The van der Waals surface area contributed by atoms with Gasteiger partial charge in [0.05, 0.1) is 0 Å². The fourth-order valence-corrected chi connectivity index (χ4v) is 3.26. The highest BCUT2D eigenvalue weighted by Crippen LogP contribution is 2.40. The van der Waals surface area contributed by atoms with E-state index in [1.54, 1.807) is 0 Å². The van der Waals surface area contributed by atoms with Gasteiger partial charge in [-0.15, -0.1) is 0 Å². The van der Waals surface area contributed by atoms with Crippen LogP contribution in [0.25, 0.3) is 0 Å². The lowest BCUT2D eigenvalue weighted by molar-refractivity contribution is 0.625. The number of hydrogen-bond donors (Lipinski definition) is 2. The Balaban J connectivity index is 1.62. The number of anilines is 1. The molecule has 1 aromatic heterocycles. The number of amidine groups is 1. The first-order chi connectivity index (χ1) is 9.85. The quantitative estimate of drug-likeness (QED) is 0.889. The van der Waals surface area contributed by atoms with Crippen molar-refractivity contribution in [2.75, 3.05) is 18.1 Å². The van der Waals surface area contributed by atoms with Crippen LogP contribution >= 0.6 is 0 Å². The summed E-state index contributed by atoms with van der Waals surface area (Å²) in [6.45, 7) is 3.86. The molecule has 20 heavy (non-hydrogen) atoms. The maximum Gasteiger partial charge on any atom is 0.159 e. The van der Waals surface area contributed by atoms with Crippen molar-refractivity contribution < 1.29 is 0 Å². The van der Waals surface area contributed by atoms with Gasteiger partial charge >= 0.3 is 0 Å². The minimum atomic E-state index is 0.599. The van der Waals surface area contributed by atoms with Gasteiger partial charge in [0.2, 0.25) is 0 Å². The summed E-state index contributed by atoms with van der Waals surface area (Å²) >= 11 is 0. The highest BCUT2D eigenvalue weighted by molar-refractivity contribution is 6.02. The third kappa shape index (κ3) is 2.09. The van der Waals surface area contributed by atoms with E-state index in [0.29, 0.717) is 12.0 Å². The predicted molar refractivity (Wildman–Crippen MR) is 80.4 cm³/mol. The van der Waals surface area contributed by atoms with E-state index in [4.69, 9.17) is 9.98 Å². The van der Waals surface area contributed by atoms with E-state index in [9.17, 15) is 0 Å². The smallest absolute Gasteiger partial charge is 0.159 e. The molecule has 1 aromatic rings. The lowest BCUT2D eigenvalue weighted by Gasteiger charge is -2.26. The number of aliphatic imine (C=N–C) groups is 1. The molecular formula is C15H23N5. The van der Waals surface area contributed by atoms with Gasteiger partial charge in [0.1, 0.15) is 18.2 Å². The van der Waals surface area contributed by atoms with Crippen LogP contribution < -0.4 is 10.2 Å². The Labute approximate surface area is 119 Å². The monoisotopic (exact) mass is 273 g/mol. The van der Waals surface area contributed by atoms with E-state index < -0.39 is 0 Å². The Morgan fingerprint density at radius 3 is 2.75 bits per heavy atom. The lowest BCUT2D eigenvalue weighted by Crippen LogP contribution is -2.39. The molecule has 0 atom stereocenters. The van der Waals surface area contributed by atoms with Crippen LogP contribution in [0.3, 0.4) is 0 Å². The second kappa shape index (κ2) is 4.79. The van der Waals surface area contributed by atoms with Crippen LogP contribution in [0, 0.1) is 0 Å². The summed E-state index contributed by atoms with van der Waals surface area (Å²) in [5.74, 6) is 3.96. The van der Waals surface area contributed by atoms with Crippen molar-refractivity contribution in [3.8, 4) is 0 Å². The maximum absolute atomic E-state index is 4.84. The number of nitrogens with one attached hydrogen (secondary N) is 2. The molecular weight excluding hydrogens is 250 g/mol. The summed E-state index contributed by atoms with van der Waals surface area (Å²) in [6, 6.07) is 0.599. The van der Waals surface area contributed by atoms with E-state index in [-0.39, 0.29) is 0 Å². The van der Waals surface area contributed by atoms with Crippen molar-refractivity contribution >= 4 is 11.7 Å². The van der Waals surface area contributed by atoms with Crippen molar-refractivity contribution in [2.45, 2.75) is 57.4 Å². The van der Waals surface area contributed by atoms with E-state index in [2.05, 4.69) is 22.1 Å². The van der Waals surface area contributed by atoms with Crippen LogP contribution in [0.15, 0.2) is 4.99 Å². The van der Waals surface area contributed by atoms with Gasteiger partial charge in [0.25, 0.3) is 0 Å². The van der Waals surface area contributed by atoms with E-state index in [1.807, 2.05) is 0 Å². The summed E-state index contributed by atoms with van der Waals surface area (Å²) in [4.78, 5) is 15.4. The Kier molecular flexibility index (Phi) is 2.93. The van der Waals surface area contributed by atoms with E-state index in [0.717, 1.165) is 36.4 Å². The minimum absolute atomic E-state index is 0.599. The Bertz CT molecular complexity index is 522. The maximum atomic E-state index is 4.84. The van der Waals surface area contributed by atoms with Gasteiger partial charge in [-0.1, -0.05) is 12.8 Å². The molecule has 4 rings (SSSR count). The molecule has 0 unspecified atom stereocenters. The van der Waals surface area contributed by atoms with Gasteiger partial charge in [-0.2, -0.15) is 0 Å². The number of aromatic amines is 1. The van der Waals surface area contributed by atoms with E-state index in [1.165, 1.54) is 38.5 Å². The summed E-state index contributed by atoms with van der Waals surface area (Å²) < 4.78 is 0. The van der Waals surface area contributed by atoms with E-state index >= 15 is 0 Å². The molecule has 2 fully saturated rings. The largest absolute Gasteiger partial charge is 0.366 e. The zero-order chi connectivity index (χ0) is 13.5. The summed E-state index contributed by atoms with van der Waals surface area (Å²) in [7, 11) is 0. The average Bonchev–Trinajstić information content (AvgIpc) is 3.00. The Hall–Kier alpha value is -1.52. The van der Waals surface area contributed by atoms with Crippen molar-refractivity contribution in [3.05, 3.63) is 11.5 Å². The van der Waals surface area contributed by atoms with Crippen molar-refractivity contribution in [2.24, 2.45) is 4.99 Å². The molecule has 0 saturated heterocycles. The number of imidazole rings is 1. The number of fused-ring (bicyclic) bond motifs is 1. The molecule has 0 bridgehead atoms. The number of rotatable bonds is 3. The minimum Gasteiger partial charge on any atom is -0.366 e. The highest BCUT2D eigenvalue weighted by Gasteiger charge is 2.32.